The van der Waals surface area contributed by atoms with E-state index in [9.17, 15) is 4.39 Å². The summed E-state index contributed by atoms with van der Waals surface area (Å²) in [7, 11) is 0. The highest BCUT2D eigenvalue weighted by molar-refractivity contribution is 5.50. The lowest BCUT2D eigenvalue weighted by Gasteiger charge is -2.42. The van der Waals surface area contributed by atoms with Crippen molar-refractivity contribution in [3.63, 3.8) is 0 Å². The number of nitrogens with two attached hydrogens (primary N) is 1. The molecule has 0 aromatic heterocycles. The zero-order valence-corrected chi connectivity index (χ0v) is 9.26. The maximum absolute atomic E-state index is 14.0. The highest BCUT2D eigenvalue weighted by Crippen LogP contribution is 2.49. The van der Waals surface area contributed by atoms with Crippen LogP contribution < -0.4 is 10.5 Å². The Kier molecular flexibility index (Phi) is 2.18. The van der Waals surface area contributed by atoms with Crippen molar-refractivity contribution in [3.05, 3.63) is 29.1 Å². The molecule has 0 amide bonds. The van der Waals surface area contributed by atoms with Crippen molar-refractivity contribution in [2.24, 2.45) is 5.73 Å². The van der Waals surface area contributed by atoms with Crippen molar-refractivity contribution < 1.29 is 9.13 Å². The molecule has 0 bridgehead atoms. The summed E-state index contributed by atoms with van der Waals surface area (Å²) < 4.78 is 19.6. The summed E-state index contributed by atoms with van der Waals surface area (Å²) in [5, 5.41) is 0. The molecule has 1 aromatic rings. The molecule has 3 rings (SSSR count). The molecule has 3 heteroatoms. The van der Waals surface area contributed by atoms with E-state index in [1.807, 2.05) is 6.07 Å². The Labute approximate surface area is 94.6 Å². The van der Waals surface area contributed by atoms with E-state index >= 15 is 0 Å². The van der Waals surface area contributed by atoms with E-state index in [-0.39, 0.29) is 11.2 Å². The largest absolute Gasteiger partial charge is 0.493 e. The molecule has 2 nitrogen and oxygen atoms in total. The van der Waals surface area contributed by atoms with Gasteiger partial charge in [0.15, 0.2) is 0 Å². The molecular weight excluding hydrogens is 205 g/mol. The third-order valence-electron chi connectivity index (χ3n) is 4.04. The van der Waals surface area contributed by atoms with Gasteiger partial charge in [-0.25, -0.2) is 4.39 Å². The van der Waals surface area contributed by atoms with Crippen LogP contribution in [0, 0.1) is 5.82 Å². The van der Waals surface area contributed by atoms with Gasteiger partial charge in [0.05, 0.1) is 6.61 Å². The van der Waals surface area contributed by atoms with Gasteiger partial charge in [0.25, 0.3) is 0 Å². The molecule has 0 unspecified atom stereocenters. The first kappa shape index (κ1) is 10.1. The first-order valence-electron chi connectivity index (χ1n) is 5.91. The molecular formula is C13H16FNO. The highest BCUT2D eigenvalue weighted by atomic mass is 19.1. The molecule has 2 aliphatic rings. The van der Waals surface area contributed by atoms with Crippen molar-refractivity contribution >= 4 is 0 Å². The van der Waals surface area contributed by atoms with Crippen molar-refractivity contribution in [3.8, 4) is 5.75 Å². The molecule has 1 fully saturated rings. The molecule has 86 valence electrons. The summed E-state index contributed by atoms with van der Waals surface area (Å²) in [6.45, 7) is 1.19. The van der Waals surface area contributed by atoms with E-state index < -0.39 is 0 Å². The predicted molar refractivity (Wildman–Crippen MR) is 60.2 cm³/mol. The average Bonchev–Trinajstić information content (AvgIpc) is 2.68. The molecule has 2 N–H and O–H groups in total. The van der Waals surface area contributed by atoms with Crippen LogP contribution in [0.4, 0.5) is 4.39 Å². The monoisotopic (exact) mass is 221 g/mol. The van der Waals surface area contributed by atoms with Gasteiger partial charge in [-0.05, 0) is 24.5 Å². The number of fused-ring (bicyclic) bond motifs is 1. The topological polar surface area (TPSA) is 35.2 Å². The normalized spacial score (nSPS) is 21.1. The van der Waals surface area contributed by atoms with Gasteiger partial charge in [0.2, 0.25) is 0 Å². The predicted octanol–water partition coefficient (Wildman–Crippen LogP) is 2.14. The van der Waals surface area contributed by atoms with Crippen molar-refractivity contribution in [1.29, 1.82) is 0 Å². The van der Waals surface area contributed by atoms with Gasteiger partial charge in [-0.3, -0.25) is 0 Å². The lowest BCUT2D eigenvalue weighted by atomic mass is 9.64. The molecule has 0 spiro atoms. The lowest BCUT2D eigenvalue weighted by molar-refractivity contribution is 0.232. The van der Waals surface area contributed by atoms with E-state index in [0.29, 0.717) is 13.2 Å². The van der Waals surface area contributed by atoms with Crippen LogP contribution in [0.1, 0.15) is 30.4 Å². The van der Waals surface area contributed by atoms with Crippen LogP contribution in [0.2, 0.25) is 0 Å². The fourth-order valence-corrected chi connectivity index (χ4v) is 2.88. The quantitative estimate of drug-likeness (QED) is 0.830. The van der Waals surface area contributed by atoms with Crippen molar-refractivity contribution in [2.75, 3.05) is 13.2 Å². The van der Waals surface area contributed by atoms with Crippen molar-refractivity contribution in [1.82, 2.24) is 0 Å². The zero-order chi connectivity index (χ0) is 11.2. The third kappa shape index (κ3) is 1.21. The molecule has 1 aromatic carbocycles. The van der Waals surface area contributed by atoms with Crippen LogP contribution in [0.3, 0.4) is 0 Å². The third-order valence-corrected chi connectivity index (χ3v) is 4.04. The molecule has 1 heterocycles. The van der Waals surface area contributed by atoms with E-state index in [1.165, 1.54) is 0 Å². The van der Waals surface area contributed by atoms with Crippen LogP contribution in [0.5, 0.6) is 5.75 Å². The number of hydrogen-bond donors (Lipinski definition) is 1. The Balaban J connectivity index is 2.15. The summed E-state index contributed by atoms with van der Waals surface area (Å²) in [5.41, 5.74) is 7.57. The molecule has 0 radical (unpaired) electrons. The molecule has 1 aliphatic heterocycles. The Morgan fingerprint density at radius 2 is 2.19 bits per heavy atom. The molecule has 16 heavy (non-hydrogen) atoms. The molecule has 1 aliphatic carbocycles. The first-order valence-corrected chi connectivity index (χ1v) is 5.91. The summed E-state index contributed by atoms with van der Waals surface area (Å²) >= 11 is 0. The van der Waals surface area contributed by atoms with Crippen LogP contribution in [-0.2, 0) is 11.8 Å². The van der Waals surface area contributed by atoms with Gasteiger partial charge < -0.3 is 10.5 Å². The standard InChI is InChI=1S/C13H16FNO/c14-10-3-2-9-4-7-16-12(9)11(10)13(8-15)5-1-6-13/h2-3H,1,4-8,15H2. The maximum atomic E-state index is 14.0. The van der Waals surface area contributed by atoms with Crippen LogP contribution >= 0.6 is 0 Å². The summed E-state index contributed by atoms with van der Waals surface area (Å²) in [6, 6.07) is 3.41. The number of rotatable bonds is 2. The SMILES string of the molecule is NCC1(c2c(F)ccc3c2OCC3)CCC1. The summed E-state index contributed by atoms with van der Waals surface area (Å²) in [6.07, 6.45) is 4.00. The second-order valence-electron chi connectivity index (χ2n) is 4.85. The van der Waals surface area contributed by atoms with E-state index in [0.717, 1.165) is 42.6 Å². The Morgan fingerprint density at radius 1 is 1.38 bits per heavy atom. The fraction of sp³-hybridized carbons (Fsp3) is 0.538. The van der Waals surface area contributed by atoms with E-state index in [4.69, 9.17) is 10.5 Å². The average molecular weight is 221 g/mol. The smallest absolute Gasteiger partial charge is 0.130 e. The molecule has 0 atom stereocenters. The number of halogens is 1. The molecule has 0 saturated heterocycles. The van der Waals surface area contributed by atoms with Crippen LogP contribution in [-0.4, -0.2) is 13.2 Å². The summed E-state index contributed by atoms with van der Waals surface area (Å²) in [5.74, 6) is 0.635. The highest BCUT2D eigenvalue weighted by Gasteiger charge is 2.42. The van der Waals surface area contributed by atoms with Gasteiger partial charge in [-0.1, -0.05) is 12.5 Å². The Bertz CT molecular complexity index is 421. The zero-order valence-electron chi connectivity index (χ0n) is 9.26. The fourth-order valence-electron chi connectivity index (χ4n) is 2.88. The minimum absolute atomic E-state index is 0.147. The number of ether oxygens (including phenoxy) is 1. The number of hydrogen-bond acceptors (Lipinski definition) is 2. The van der Waals surface area contributed by atoms with Crippen LogP contribution in [0.15, 0.2) is 12.1 Å². The van der Waals surface area contributed by atoms with E-state index in [1.54, 1.807) is 6.07 Å². The van der Waals surface area contributed by atoms with Gasteiger partial charge in [-0.2, -0.15) is 0 Å². The van der Waals surface area contributed by atoms with E-state index in [2.05, 4.69) is 0 Å². The van der Waals surface area contributed by atoms with Crippen LogP contribution in [0.25, 0.3) is 0 Å². The second-order valence-corrected chi connectivity index (χ2v) is 4.85. The second kappa shape index (κ2) is 3.45. The van der Waals surface area contributed by atoms with Gasteiger partial charge >= 0.3 is 0 Å². The van der Waals surface area contributed by atoms with Gasteiger partial charge in [0, 0.05) is 23.9 Å². The Morgan fingerprint density at radius 3 is 2.81 bits per heavy atom. The number of benzene rings is 1. The van der Waals surface area contributed by atoms with Gasteiger partial charge in [0.1, 0.15) is 11.6 Å². The minimum Gasteiger partial charge on any atom is -0.493 e. The van der Waals surface area contributed by atoms with Gasteiger partial charge in [-0.15, -0.1) is 0 Å². The Hall–Kier alpha value is -1.09. The summed E-state index contributed by atoms with van der Waals surface area (Å²) in [4.78, 5) is 0. The lowest BCUT2D eigenvalue weighted by Crippen LogP contribution is -2.42. The van der Waals surface area contributed by atoms with Crippen molar-refractivity contribution in [2.45, 2.75) is 31.1 Å². The maximum Gasteiger partial charge on any atom is 0.130 e. The first-order chi connectivity index (χ1) is 7.77. The minimum atomic E-state index is -0.153. The molecule has 1 saturated carbocycles.